The summed E-state index contributed by atoms with van der Waals surface area (Å²) < 4.78 is 39.6. The molecule has 8 heterocycles. The van der Waals surface area contributed by atoms with Gasteiger partial charge in [-0.05, 0) is 133 Å². The fourth-order valence-corrected chi connectivity index (χ4v) is 16.2. The van der Waals surface area contributed by atoms with Crippen LogP contribution in [0.3, 0.4) is 0 Å². The van der Waals surface area contributed by atoms with Gasteiger partial charge in [0.15, 0.2) is 23.9 Å². The Bertz CT molecular complexity index is 5120. The van der Waals surface area contributed by atoms with Crippen LogP contribution in [0.4, 0.5) is 9.59 Å². The highest BCUT2D eigenvalue weighted by atomic mass is 35.5. The van der Waals surface area contributed by atoms with Crippen LogP contribution >= 0.6 is 46.4 Å². The number of halogens is 4. The van der Waals surface area contributed by atoms with Crippen molar-refractivity contribution in [1.82, 2.24) is 68.5 Å². The Hall–Kier alpha value is -10.9. The van der Waals surface area contributed by atoms with Crippen LogP contribution < -0.4 is 84.4 Å². The Morgan fingerprint density at radius 1 is 0.664 bits per heavy atom. The van der Waals surface area contributed by atoms with Gasteiger partial charge in [0.05, 0.1) is 51.4 Å². The predicted octanol–water partition coefficient (Wildman–Crippen LogP) is 1.19. The van der Waals surface area contributed by atoms with E-state index in [4.69, 9.17) is 86.3 Å². The summed E-state index contributed by atoms with van der Waals surface area (Å²) in [4.78, 5) is 149. The number of aliphatic hydroxyl groups is 6. The van der Waals surface area contributed by atoms with E-state index in [9.17, 15) is 69.9 Å². The number of hydrazine groups is 1. The van der Waals surface area contributed by atoms with E-state index in [0.29, 0.717) is 42.8 Å². The number of carbonyl (C=O) groups is 10. The first-order chi connectivity index (χ1) is 59.3. The lowest BCUT2D eigenvalue weighted by Gasteiger charge is -2.48. The second kappa shape index (κ2) is 39.7. The van der Waals surface area contributed by atoms with Gasteiger partial charge in [-0.2, -0.15) is 0 Å². The largest absolute Gasteiger partial charge is 0.508 e. The third-order valence-corrected chi connectivity index (χ3v) is 23.4. The molecule has 6 aromatic carbocycles. The smallest absolute Gasteiger partial charge is 0.330 e. The lowest BCUT2D eigenvalue weighted by molar-refractivity contribution is -0.334. The number of nitrogens with two attached hydrogens (primary N) is 2. The Balaban J connectivity index is 0.985. The molecule has 24 N–H and O–H groups in total. The molecule has 40 nitrogen and oxygen atoms in total. The molecule has 44 heteroatoms. The number of rotatable bonds is 19. The van der Waals surface area contributed by atoms with Crippen LogP contribution in [0.25, 0.3) is 11.1 Å². The number of benzene rings is 6. The fourth-order valence-electron chi connectivity index (χ4n) is 15.5. The molecule has 8 aliphatic rings. The van der Waals surface area contributed by atoms with E-state index in [1.54, 1.807) is 36.9 Å². The summed E-state index contributed by atoms with van der Waals surface area (Å²) in [5.41, 5.74) is 11.5. The minimum Gasteiger partial charge on any atom is -0.508 e. The molecule has 0 unspecified atom stereocenters. The Morgan fingerprint density at radius 2 is 1.30 bits per heavy atom. The van der Waals surface area contributed by atoms with Crippen molar-refractivity contribution >= 4 is 106 Å². The van der Waals surface area contributed by atoms with Crippen LogP contribution in [0.5, 0.6) is 46.0 Å². The number of aromatic hydroxyl groups is 3. The minimum absolute atomic E-state index is 0.121. The van der Waals surface area contributed by atoms with Crippen LogP contribution in [0.2, 0.25) is 20.1 Å². The summed E-state index contributed by atoms with van der Waals surface area (Å²) in [6.45, 7) is 8.54. The van der Waals surface area contributed by atoms with Crippen molar-refractivity contribution in [3.8, 4) is 57.1 Å². The van der Waals surface area contributed by atoms with E-state index in [0.717, 1.165) is 72.3 Å². The van der Waals surface area contributed by atoms with Crippen LogP contribution in [0.1, 0.15) is 111 Å². The van der Waals surface area contributed by atoms with Gasteiger partial charge in [-0.25, -0.2) is 15.0 Å². The zero-order valence-corrected chi connectivity index (χ0v) is 70.5. The van der Waals surface area contributed by atoms with E-state index < -0.39 is 243 Å². The van der Waals surface area contributed by atoms with E-state index in [-0.39, 0.29) is 65.3 Å². The number of likely N-dealkylation sites (N-methyl/N-ethyl adjacent to an activating group) is 1. The van der Waals surface area contributed by atoms with Gasteiger partial charge in [-0.15, -0.1) is 0 Å². The minimum atomic E-state index is -2.40. The normalized spacial score (nSPS) is 26.8. The maximum atomic E-state index is 16.3. The van der Waals surface area contributed by atoms with Gasteiger partial charge in [-0.3, -0.25) is 48.7 Å². The van der Waals surface area contributed by atoms with Crippen molar-refractivity contribution in [3.63, 3.8) is 0 Å². The molecule has 14 rings (SSSR count). The highest BCUT2D eigenvalue weighted by molar-refractivity contribution is 6.42. The predicted molar refractivity (Wildman–Crippen MR) is 443 cm³/mol. The number of amides is 12. The molecule has 18 atom stereocenters. The van der Waals surface area contributed by atoms with Gasteiger partial charge >= 0.3 is 12.1 Å². The van der Waals surface area contributed by atoms with E-state index in [1.807, 2.05) is 24.7 Å². The average molecular weight is 1820 g/mol. The molecule has 125 heavy (non-hydrogen) atoms. The quantitative estimate of drug-likeness (QED) is 0.0506. The SMILES string of the molecule is CN[C@H](CC(C)C)C(=O)N[C@H]1C(=O)N[C@@H](CC(N)=O)C(=O)N[C@H]2C(=O)N[C@H]3C(=O)N[C@H](C(=O)N[C@@H](C(=O)NNC(N)=O)c4cc(O)cc(O)c4-c4cc3ccc4O)[C@H](O)c3ccc(c(Cl)c3)Oc3cc2cc(c3O[C@@H]2O[C@H](CO)[C@@H](O)[C@H](O)[C@H]2O[C@H]2C[C@](C)(NCCN3CCN(C(=O)NCc4ccc(Cl)c(Cl)c4)CC3)[C@H](O)[C@H](C)O2)Oc2ccc(cc2Cl)[C@H]1O. The van der Waals surface area contributed by atoms with Gasteiger partial charge in [0.2, 0.25) is 53.4 Å². The number of ether oxygens (including phenoxy) is 6. The van der Waals surface area contributed by atoms with Gasteiger partial charge in [0.1, 0.15) is 95.5 Å². The number of aliphatic hydroxyl groups excluding tert-OH is 6. The Labute approximate surface area is 733 Å². The fraction of sp³-hybridized carbons (Fsp3) is 0.432. The van der Waals surface area contributed by atoms with Crippen LogP contribution in [-0.2, 0) is 59.1 Å². The van der Waals surface area contributed by atoms with Gasteiger partial charge in [0, 0.05) is 75.0 Å². The van der Waals surface area contributed by atoms with Crippen LogP contribution in [0.15, 0.2) is 97.1 Å². The number of nitrogens with zero attached hydrogens (tertiary/aromatic N) is 2. The summed E-state index contributed by atoms with van der Waals surface area (Å²) in [5.74, 6) is -15.9. The number of primary amides is 2. The maximum Gasteiger partial charge on any atom is 0.330 e. The average Bonchev–Trinajstić information content (AvgIpc) is 0.769. The number of nitrogens with one attached hydrogen (secondary N) is 11. The molecule has 3 saturated heterocycles. The first-order valence-electron chi connectivity index (χ1n) is 39.5. The van der Waals surface area contributed by atoms with Crippen LogP contribution in [-0.4, -0.2) is 247 Å². The number of phenolic OH excluding ortho intramolecular Hbond substituents is 3. The third kappa shape index (κ3) is 21.5. The number of hydrogen-bond donors (Lipinski definition) is 22. The molecule has 3 fully saturated rings. The molecule has 0 spiro atoms. The zero-order chi connectivity index (χ0) is 90.5. The Morgan fingerprint density at radius 3 is 1.93 bits per heavy atom. The summed E-state index contributed by atoms with van der Waals surface area (Å²) >= 11 is 26.6. The summed E-state index contributed by atoms with van der Waals surface area (Å²) in [7, 11) is 1.47. The molecule has 0 radical (unpaired) electrons. The van der Waals surface area contributed by atoms with Crippen molar-refractivity contribution in [2.24, 2.45) is 17.4 Å². The monoisotopic (exact) mass is 1820 g/mol. The topological polar surface area (TPSA) is 599 Å². The standard InChI is InChI=1S/C81H95Cl4N15O25/c1-33(2)20-47(88-5)71(111)95-62-64(106)37-8-12-51(45(84)23-37)121-53-25-39-26-54(68(53)125-78-69(67(109)66(108)55(32-101)123-78)124-57-30-81(4,70(110)34(3)120-57)90-14-15-99-16-18-100(19-17-99)80(119)89-31-35-6-10-43(82)44(83)21-35)122-52-13-9-38(24-46(52)85)65(107)63-76(116)94-61(77(117)97-98-79(87)118)42-27-40(102)28-50(104)58(42)41-22-36(7-11-49(41)103)59(73(113)96-63)93-74(114)60(39)92-72(112)48(29-56(86)105)91-75(62)115/h6-13,21-28,33-34,47-48,55,57,59-67,69-70,78,88,90,101-104,106-110H,14-20,29-32H2,1-5H3,(H2,86,105)(H,89,119)(H,91,115)(H,92,112)(H,93,114)(H,94,116)(H,95,111)(H,96,113)(H,97,117)(H3,87,98,118)/t34-,47+,48-,55+,57-,59+,60+,61+,62+,63-,64+,65+,66+,67-,69+,70+,78-,81-/m0/s1. The Kier molecular flexibility index (Phi) is 29.7. The summed E-state index contributed by atoms with van der Waals surface area (Å²) in [5, 5.41) is 130. The summed E-state index contributed by atoms with van der Waals surface area (Å²) in [6.07, 6.45) is -19.0. The second-order valence-electron chi connectivity index (χ2n) is 31.4. The number of urea groups is 2. The molecule has 12 amide bonds. The molecule has 0 aromatic heterocycles. The highest BCUT2D eigenvalue weighted by Gasteiger charge is 2.52. The van der Waals surface area contributed by atoms with Crippen molar-refractivity contribution in [1.29, 1.82) is 0 Å². The lowest BCUT2D eigenvalue weighted by Crippen LogP contribution is -2.66. The van der Waals surface area contributed by atoms with Gasteiger partial charge in [0.25, 0.3) is 5.91 Å². The van der Waals surface area contributed by atoms with E-state index in [2.05, 4.69) is 52.8 Å². The first-order valence-corrected chi connectivity index (χ1v) is 41.0. The number of fused-ring (bicyclic) bond motifs is 15. The molecule has 6 aromatic rings. The number of hydrogen-bond acceptors (Lipinski definition) is 28. The molecular weight excluding hydrogens is 1720 g/mol. The molecule has 8 aliphatic heterocycles. The van der Waals surface area contributed by atoms with Gasteiger partial charge < -0.3 is 139 Å². The van der Waals surface area contributed by atoms with Crippen molar-refractivity contribution in [2.75, 3.05) is 52.9 Å². The highest BCUT2D eigenvalue weighted by Crippen LogP contribution is 2.50. The second-order valence-corrected chi connectivity index (χ2v) is 33.1. The molecule has 11 bridgehead atoms. The molecule has 672 valence electrons. The maximum absolute atomic E-state index is 16.3. The van der Waals surface area contributed by atoms with E-state index >= 15 is 24.0 Å². The summed E-state index contributed by atoms with van der Waals surface area (Å²) in [6, 6.07) is 2.57. The lowest BCUT2D eigenvalue weighted by atomic mass is 9.85. The molecule has 0 saturated carbocycles. The molecule has 0 aliphatic carbocycles. The zero-order valence-electron chi connectivity index (χ0n) is 67.5. The molecular formula is C81H95Cl4N15O25. The number of piperazine rings is 1. The third-order valence-electron chi connectivity index (χ3n) is 22.1. The number of phenols is 3. The van der Waals surface area contributed by atoms with E-state index in [1.165, 1.54) is 19.2 Å². The van der Waals surface area contributed by atoms with Crippen molar-refractivity contribution in [2.45, 2.75) is 163 Å². The first kappa shape index (κ1) is 93.3. The van der Waals surface area contributed by atoms with Crippen LogP contribution in [0, 0.1) is 5.92 Å². The number of carbonyl (C=O) groups excluding carboxylic acids is 10. The van der Waals surface area contributed by atoms with Crippen molar-refractivity contribution < 1.29 is 122 Å². The van der Waals surface area contributed by atoms with Gasteiger partial charge in [-0.1, -0.05) is 84.5 Å². The van der Waals surface area contributed by atoms with Crippen molar-refractivity contribution in [3.05, 3.63) is 151 Å².